The highest BCUT2D eigenvalue weighted by Crippen LogP contribution is 2.45. The molecule has 0 spiro atoms. The highest BCUT2D eigenvalue weighted by atomic mass is 14.2. The number of rotatable bonds is 4. The van der Waals surface area contributed by atoms with Gasteiger partial charge in [0.2, 0.25) is 0 Å². The average molecular weight is 633 g/mol. The topological polar surface area (TPSA) is 0 Å². The largest absolute Gasteiger partial charge is 0.0616 e. The molecule has 0 saturated heterocycles. The fourth-order valence-electron chi connectivity index (χ4n) is 8.01. The van der Waals surface area contributed by atoms with Gasteiger partial charge in [0.25, 0.3) is 0 Å². The van der Waals surface area contributed by atoms with Gasteiger partial charge in [-0.05, 0) is 123 Å². The van der Waals surface area contributed by atoms with Crippen LogP contribution in [0.1, 0.15) is 0 Å². The molecule has 10 aromatic carbocycles. The molecule has 0 aliphatic carbocycles. The summed E-state index contributed by atoms with van der Waals surface area (Å²) in [7, 11) is 0. The summed E-state index contributed by atoms with van der Waals surface area (Å²) in [6.07, 6.45) is 0. The Balaban J connectivity index is 1.16. The van der Waals surface area contributed by atoms with E-state index in [4.69, 9.17) is 0 Å². The first-order valence-electron chi connectivity index (χ1n) is 17.3. The summed E-state index contributed by atoms with van der Waals surface area (Å²) in [6.45, 7) is 0. The normalized spacial score (nSPS) is 11.6. The molecule has 0 aromatic heterocycles. The lowest BCUT2D eigenvalue weighted by Crippen LogP contribution is -1.91. The Morgan fingerprint density at radius 2 is 0.560 bits per heavy atom. The van der Waals surface area contributed by atoms with Crippen LogP contribution in [0.2, 0.25) is 0 Å². The first-order chi connectivity index (χ1) is 24.8. The van der Waals surface area contributed by atoms with Crippen molar-refractivity contribution >= 4 is 53.9 Å². The van der Waals surface area contributed by atoms with Gasteiger partial charge in [0, 0.05) is 0 Å². The molecule has 0 amide bonds. The number of hydrogen-bond donors (Lipinski definition) is 0. The van der Waals surface area contributed by atoms with Gasteiger partial charge in [0.15, 0.2) is 0 Å². The van der Waals surface area contributed by atoms with E-state index in [-0.39, 0.29) is 0 Å². The van der Waals surface area contributed by atoms with Crippen LogP contribution in [0.5, 0.6) is 0 Å². The van der Waals surface area contributed by atoms with Crippen LogP contribution in [-0.2, 0) is 0 Å². The lowest BCUT2D eigenvalue weighted by Gasteiger charge is -2.19. The Kier molecular flexibility index (Phi) is 6.60. The molecular weight excluding hydrogens is 601 g/mol. The molecule has 0 atom stereocenters. The van der Waals surface area contributed by atoms with E-state index in [9.17, 15) is 0 Å². The zero-order valence-electron chi connectivity index (χ0n) is 27.5. The van der Waals surface area contributed by atoms with Crippen molar-refractivity contribution in [2.45, 2.75) is 0 Å². The minimum Gasteiger partial charge on any atom is -0.0616 e. The Bertz CT molecular complexity index is 2870. The summed E-state index contributed by atoms with van der Waals surface area (Å²) in [5, 5.41) is 12.7. The Labute approximate surface area is 291 Å². The number of benzene rings is 10. The molecule has 0 radical (unpaired) electrons. The monoisotopic (exact) mass is 632 g/mol. The molecule has 10 rings (SSSR count). The Hall–Kier alpha value is -6.50. The lowest BCUT2D eigenvalue weighted by atomic mass is 9.85. The average Bonchev–Trinajstić information content (AvgIpc) is 3.19. The van der Waals surface area contributed by atoms with E-state index in [0.717, 1.165) is 0 Å². The van der Waals surface area contributed by atoms with Crippen LogP contribution in [0.3, 0.4) is 0 Å². The predicted molar refractivity (Wildman–Crippen MR) is 216 cm³/mol. The molecule has 0 unspecified atom stereocenters. The minimum absolute atomic E-state index is 1.22. The first kappa shape index (κ1) is 28.5. The van der Waals surface area contributed by atoms with Gasteiger partial charge in [0.1, 0.15) is 0 Å². The summed E-state index contributed by atoms with van der Waals surface area (Å²) in [5.41, 5.74) is 9.91. The van der Waals surface area contributed by atoms with Crippen molar-refractivity contribution in [3.8, 4) is 44.5 Å². The van der Waals surface area contributed by atoms with Gasteiger partial charge < -0.3 is 0 Å². The second-order valence-electron chi connectivity index (χ2n) is 13.3. The van der Waals surface area contributed by atoms with Crippen molar-refractivity contribution in [2.24, 2.45) is 0 Å². The van der Waals surface area contributed by atoms with E-state index in [1.54, 1.807) is 0 Å². The third-order valence-corrected chi connectivity index (χ3v) is 10.4. The fraction of sp³-hybridized carbons (Fsp3) is 0. The van der Waals surface area contributed by atoms with Crippen LogP contribution in [0, 0.1) is 0 Å². The van der Waals surface area contributed by atoms with Crippen molar-refractivity contribution < 1.29 is 0 Å². The number of hydrogen-bond acceptors (Lipinski definition) is 0. The standard InChI is InChI=1S/C50H32/c1-2-13-36-29-39(27-23-33(36)11-1)37-14-9-16-41(30-37)49-44-19-5-7-21-46(44)50(47-22-8-6-20-45(47)49)42-17-10-15-38(31-42)40-28-26-35-25-24-34-12-3-4-18-43(34)48(35)32-40/h1-32H. The van der Waals surface area contributed by atoms with Crippen molar-refractivity contribution in [2.75, 3.05) is 0 Å². The minimum atomic E-state index is 1.22. The van der Waals surface area contributed by atoms with Gasteiger partial charge in [-0.25, -0.2) is 0 Å². The predicted octanol–water partition coefficient (Wildman–Crippen LogP) is 14.1. The molecule has 0 aliphatic rings. The Morgan fingerprint density at radius 1 is 0.180 bits per heavy atom. The van der Waals surface area contributed by atoms with Crippen molar-refractivity contribution in [1.29, 1.82) is 0 Å². The van der Waals surface area contributed by atoms with Gasteiger partial charge in [-0.3, -0.25) is 0 Å². The van der Waals surface area contributed by atoms with Crippen molar-refractivity contribution in [1.82, 2.24) is 0 Å². The van der Waals surface area contributed by atoms with Crippen LogP contribution in [0.4, 0.5) is 0 Å². The zero-order chi connectivity index (χ0) is 33.0. The van der Waals surface area contributed by atoms with E-state index >= 15 is 0 Å². The van der Waals surface area contributed by atoms with Crippen LogP contribution in [0.25, 0.3) is 98.4 Å². The lowest BCUT2D eigenvalue weighted by molar-refractivity contribution is 1.62. The highest BCUT2D eigenvalue weighted by molar-refractivity contribution is 6.21. The van der Waals surface area contributed by atoms with Crippen LogP contribution >= 0.6 is 0 Å². The van der Waals surface area contributed by atoms with Gasteiger partial charge in [-0.1, -0.05) is 170 Å². The Morgan fingerprint density at radius 3 is 1.14 bits per heavy atom. The van der Waals surface area contributed by atoms with Gasteiger partial charge in [0.05, 0.1) is 0 Å². The van der Waals surface area contributed by atoms with E-state index in [1.807, 2.05) is 0 Å². The molecule has 232 valence electrons. The molecule has 0 N–H and O–H groups in total. The van der Waals surface area contributed by atoms with Gasteiger partial charge in [-0.2, -0.15) is 0 Å². The first-order valence-corrected chi connectivity index (χ1v) is 17.3. The molecular formula is C50H32. The smallest absolute Gasteiger partial charge is 0.00262 e. The van der Waals surface area contributed by atoms with Crippen LogP contribution in [-0.4, -0.2) is 0 Å². The molecule has 0 nitrogen and oxygen atoms in total. The van der Waals surface area contributed by atoms with E-state index < -0.39 is 0 Å². The SMILES string of the molecule is c1cc(-c2ccc3ccccc3c2)cc(-c2c3ccccc3c(-c3cccc(-c4ccc5ccc6ccccc6c5c4)c3)c3ccccc23)c1. The van der Waals surface area contributed by atoms with Crippen molar-refractivity contribution in [3.63, 3.8) is 0 Å². The zero-order valence-corrected chi connectivity index (χ0v) is 27.5. The summed E-state index contributed by atoms with van der Waals surface area (Å²) in [5.74, 6) is 0. The summed E-state index contributed by atoms with van der Waals surface area (Å²) >= 11 is 0. The van der Waals surface area contributed by atoms with Crippen LogP contribution < -0.4 is 0 Å². The van der Waals surface area contributed by atoms with E-state index in [1.165, 1.54) is 98.4 Å². The second-order valence-corrected chi connectivity index (χ2v) is 13.3. The molecule has 0 aliphatic heterocycles. The second kappa shape index (κ2) is 11.6. The molecule has 50 heavy (non-hydrogen) atoms. The maximum Gasteiger partial charge on any atom is -0.00262 e. The summed E-state index contributed by atoms with van der Waals surface area (Å²) in [6, 6.07) is 71.4. The third-order valence-electron chi connectivity index (χ3n) is 10.4. The van der Waals surface area contributed by atoms with Crippen LogP contribution in [0.15, 0.2) is 194 Å². The number of fused-ring (bicyclic) bond motifs is 6. The maximum absolute atomic E-state index is 2.38. The molecule has 0 heterocycles. The highest BCUT2D eigenvalue weighted by Gasteiger charge is 2.17. The van der Waals surface area contributed by atoms with Crippen molar-refractivity contribution in [3.05, 3.63) is 194 Å². The molecule has 0 saturated carbocycles. The molecule has 0 fully saturated rings. The molecule has 0 bridgehead atoms. The van der Waals surface area contributed by atoms with E-state index in [2.05, 4.69) is 194 Å². The summed E-state index contributed by atoms with van der Waals surface area (Å²) < 4.78 is 0. The van der Waals surface area contributed by atoms with Gasteiger partial charge >= 0.3 is 0 Å². The van der Waals surface area contributed by atoms with Gasteiger partial charge in [-0.15, -0.1) is 0 Å². The maximum atomic E-state index is 2.38. The molecule has 0 heteroatoms. The fourth-order valence-corrected chi connectivity index (χ4v) is 8.01. The van der Waals surface area contributed by atoms with E-state index in [0.29, 0.717) is 0 Å². The summed E-state index contributed by atoms with van der Waals surface area (Å²) in [4.78, 5) is 0. The third kappa shape index (κ3) is 4.69. The molecule has 10 aromatic rings. The quantitative estimate of drug-likeness (QED) is 0.134.